The van der Waals surface area contributed by atoms with Crippen LogP contribution in [-0.4, -0.2) is 12.1 Å². The fraction of sp³-hybridized carbons (Fsp3) is 0.286. The maximum Gasteiger partial charge on any atom is 0.150 e. The van der Waals surface area contributed by atoms with Gasteiger partial charge in [-0.2, -0.15) is 0 Å². The Balaban J connectivity index is 2.92. The van der Waals surface area contributed by atoms with E-state index < -0.39 is 0 Å². The van der Waals surface area contributed by atoms with Gasteiger partial charge in [-0.3, -0.25) is 0 Å². The SMILES string of the molecule is COc1cc(CN=[N+]=[N-])cnc1I. The van der Waals surface area contributed by atoms with Crippen molar-refractivity contribution < 1.29 is 4.74 Å². The van der Waals surface area contributed by atoms with Crippen LogP contribution in [0.2, 0.25) is 0 Å². The lowest BCUT2D eigenvalue weighted by Gasteiger charge is -2.03. The van der Waals surface area contributed by atoms with E-state index >= 15 is 0 Å². The first-order valence-corrected chi connectivity index (χ1v) is 4.55. The molecule has 0 N–H and O–H groups in total. The van der Waals surface area contributed by atoms with Gasteiger partial charge < -0.3 is 4.74 Å². The molecule has 0 aliphatic heterocycles. The molecule has 0 aliphatic rings. The molecule has 0 fully saturated rings. The molecule has 6 heteroatoms. The molecule has 1 aromatic heterocycles. The van der Waals surface area contributed by atoms with Crippen molar-refractivity contribution in [3.8, 4) is 5.75 Å². The number of hydrogen-bond acceptors (Lipinski definition) is 3. The summed E-state index contributed by atoms with van der Waals surface area (Å²) in [6.45, 7) is 0.302. The minimum Gasteiger partial charge on any atom is -0.494 e. The molecular formula is C7H7IN4O. The topological polar surface area (TPSA) is 70.9 Å². The Morgan fingerprint density at radius 1 is 1.77 bits per heavy atom. The summed E-state index contributed by atoms with van der Waals surface area (Å²) in [7, 11) is 1.58. The van der Waals surface area contributed by atoms with E-state index in [1.807, 2.05) is 6.07 Å². The zero-order chi connectivity index (χ0) is 9.68. The van der Waals surface area contributed by atoms with Gasteiger partial charge in [0.05, 0.1) is 13.7 Å². The van der Waals surface area contributed by atoms with Gasteiger partial charge in [0.25, 0.3) is 0 Å². The van der Waals surface area contributed by atoms with Crippen molar-refractivity contribution >= 4 is 22.6 Å². The maximum absolute atomic E-state index is 8.11. The minimum absolute atomic E-state index is 0.302. The third kappa shape index (κ3) is 2.74. The fourth-order valence-corrected chi connectivity index (χ4v) is 1.33. The predicted octanol–water partition coefficient (Wildman–Crippen LogP) is 2.51. The van der Waals surface area contributed by atoms with Crippen LogP contribution in [0.3, 0.4) is 0 Å². The first-order chi connectivity index (χ1) is 6.27. The molecule has 0 saturated carbocycles. The number of pyridine rings is 1. The first kappa shape index (κ1) is 10.1. The van der Waals surface area contributed by atoms with Crippen LogP contribution in [0.1, 0.15) is 5.56 Å². The lowest BCUT2D eigenvalue weighted by Crippen LogP contribution is -1.92. The van der Waals surface area contributed by atoms with Crippen molar-refractivity contribution in [2.24, 2.45) is 5.11 Å². The van der Waals surface area contributed by atoms with Gasteiger partial charge in [0.1, 0.15) is 3.70 Å². The molecule has 0 aliphatic carbocycles. The number of methoxy groups -OCH3 is 1. The highest BCUT2D eigenvalue weighted by Crippen LogP contribution is 2.19. The summed E-state index contributed by atoms with van der Waals surface area (Å²) in [5.74, 6) is 0.700. The summed E-state index contributed by atoms with van der Waals surface area (Å²) < 4.78 is 5.86. The number of rotatable bonds is 3. The molecule has 0 aromatic carbocycles. The van der Waals surface area contributed by atoms with Crippen LogP contribution < -0.4 is 4.74 Å². The average molecular weight is 290 g/mol. The molecule has 68 valence electrons. The van der Waals surface area contributed by atoms with Crippen molar-refractivity contribution in [3.63, 3.8) is 0 Å². The average Bonchev–Trinajstić information content (AvgIpc) is 2.16. The van der Waals surface area contributed by atoms with Crippen LogP contribution in [-0.2, 0) is 6.54 Å². The van der Waals surface area contributed by atoms with E-state index in [-0.39, 0.29) is 0 Å². The Labute approximate surface area is 88.9 Å². The smallest absolute Gasteiger partial charge is 0.150 e. The normalized spacial score (nSPS) is 9.08. The Kier molecular flexibility index (Phi) is 3.78. The van der Waals surface area contributed by atoms with E-state index in [0.29, 0.717) is 12.3 Å². The van der Waals surface area contributed by atoms with E-state index in [1.54, 1.807) is 13.3 Å². The molecular weight excluding hydrogens is 283 g/mol. The second-order valence-corrected chi connectivity index (χ2v) is 3.25. The van der Waals surface area contributed by atoms with Gasteiger partial charge in [-0.05, 0) is 39.8 Å². The fourth-order valence-electron chi connectivity index (χ4n) is 0.811. The lowest BCUT2D eigenvalue weighted by molar-refractivity contribution is 0.408. The number of aromatic nitrogens is 1. The summed E-state index contributed by atoms with van der Waals surface area (Å²) in [6.07, 6.45) is 1.67. The molecule has 1 aromatic rings. The van der Waals surface area contributed by atoms with E-state index in [0.717, 1.165) is 9.26 Å². The molecule has 0 unspecified atom stereocenters. The second kappa shape index (κ2) is 4.88. The molecule has 0 bridgehead atoms. The summed E-state index contributed by atoms with van der Waals surface area (Å²) >= 11 is 2.08. The zero-order valence-electron chi connectivity index (χ0n) is 6.94. The predicted molar refractivity (Wildman–Crippen MR) is 56.4 cm³/mol. The zero-order valence-corrected chi connectivity index (χ0v) is 9.09. The van der Waals surface area contributed by atoms with E-state index in [1.165, 1.54) is 0 Å². The number of halogens is 1. The van der Waals surface area contributed by atoms with Crippen LogP contribution in [0.4, 0.5) is 0 Å². The standard InChI is InChI=1S/C7H7IN4O/c1-13-6-2-5(4-11-12-9)3-10-7(6)8/h2-3H,4H2,1H3. The third-order valence-electron chi connectivity index (χ3n) is 1.40. The highest BCUT2D eigenvalue weighted by Gasteiger charge is 2.01. The molecule has 0 spiro atoms. The molecule has 13 heavy (non-hydrogen) atoms. The van der Waals surface area contributed by atoms with Crippen molar-refractivity contribution in [1.82, 2.24) is 4.98 Å². The molecule has 1 rings (SSSR count). The Hall–Kier alpha value is -1.01. The van der Waals surface area contributed by atoms with Gasteiger partial charge >= 0.3 is 0 Å². The van der Waals surface area contributed by atoms with E-state index in [2.05, 4.69) is 37.6 Å². The van der Waals surface area contributed by atoms with Gasteiger partial charge in [0, 0.05) is 11.1 Å². The highest BCUT2D eigenvalue weighted by molar-refractivity contribution is 14.1. The van der Waals surface area contributed by atoms with Gasteiger partial charge in [0.2, 0.25) is 0 Å². The van der Waals surface area contributed by atoms with Crippen molar-refractivity contribution in [1.29, 1.82) is 0 Å². The van der Waals surface area contributed by atoms with Gasteiger partial charge in [-0.1, -0.05) is 5.11 Å². The van der Waals surface area contributed by atoms with Crippen molar-refractivity contribution in [2.75, 3.05) is 7.11 Å². The van der Waals surface area contributed by atoms with E-state index in [4.69, 9.17) is 10.3 Å². The summed E-state index contributed by atoms with van der Waals surface area (Å²) in [5.41, 5.74) is 8.96. The first-order valence-electron chi connectivity index (χ1n) is 3.47. The summed E-state index contributed by atoms with van der Waals surface area (Å²) in [6, 6.07) is 1.81. The van der Waals surface area contributed by atoms with Crippen LogP contribution in [0.15, 0.2) is 17.4 Å². The third-order valence-corrected chi connectivity index (χ3v) is 2.21. The molecule has 0 radical (unpaired) electrons. The number of ether oxygens (including phenoxy) is 1. The summed E-state index contributed by atoms with van der Waals surface area (Å²) in [4.78, 5) is 6.74. The lowest BCUT2D eigenvalue weighted by atomic mass is 10.3. The van der Waals surface area contributed by atoms with Crippen molar-refractivity contribution in [2.45, 2.75) is 6.54 Å². The molecule has 1 heterocycles. The Morgan fingerprint density at radius 2 is 2.54 bits per heavy atom. The largest absolute Gasteiger partial charge is 0.494 e. The van der Waals surface area contributed by atoms with E-state index in [9.17, 15) is 0 Å². The molecule has 5 nitrogen and oxygen atoms in total. The number of azide groups is 1. The Morgan fingerprint density at radius 3 is 3.15 bits per heavy atom. The summed E-state index contributed by atoms with van der Waals surface area (Å²) in [5, 5.41) is 3.43. The van der Waals surface area contributed by atoms with Gasteiger partial charge in [-0.25, -0.2) is 4.98 Å². The minimum atomic E-state index is 0.302. The van der Waals surface area contributed by atoms with Crippen LogP contribution >= 0.6 is 22.6 Å². The van der Waals surface area contributed by atoms with Crippen LogP contribution in [0, 0.1) is 3.70 Å². The number of nitrogens with zero attached hydrogens (tertiary/aromatic N) is 4. The monoisotopic (exact) mass is 290 g/mol. The molecule has 0 atom stereocenters. The van der Waals surface area contributed by atoms with Crippen LogP contribution in [0.25, 0.3) is 10.4 Å². The molecule has 0 amide bonds. The van der Waals surface area contributed by atoms with Crippen molar-refractivity contribution in [3.05, 3.63) is 32.0 Å². The molecule has 0 saturated heterocycles. The maximum atomic E-state index is 8.11. The number of hydrogen-bond donors (Lipinski definition) is 0. The Bertz CT molecular complexity index is 348. The quantitative estimate of drug-likeness (QED) is 0.282. The van der Waals surface area contributed by atoms with Gasteiger partial charge in [-0.15, -0.1) is 0 Å². The highest BCUT2D eigenvalue weighted by atomic mass is 127. The van der Waals surface area contributed by atoms with Gasteiger partial charge in [0.15, 0.2) is 5.75 Å². The second-order valence-electron chi connectivity index (χ2n) is 2.23. The van der Waals surface area contributed by atoms with Crippen LogP contribution in [0.5, 0.6) is 5.75 Å².